The van der Waals surface area contributed by atoms with Crippen LogP contribution < -0.4 is 0 Å². The van der Waals surface area contributed by atoms with Gasteiger partial charge in [-0.15, -0.1) is 24.6 Å². The number of carbonyl (C=O) groups excluding carboxylic acids is 1. The summed E-state index contributed by atoms with van der Waals surface area (Å²) in [6.45, 7) is 31.6. The van der Waals surface area contributed by atoms with Gasteiger partial charge in [-0.05, 0) is 11.1 Å². The molecule has 0 amide bonds. The number of carbonyl (C=O) groups is 1. The fraction of sp³-hybridized carbons (Fsp3) is 0.800. The second-order valence-electron chi connectivity index (χ2n) is 12.5. The number of hydrogen-bond acceptors (Lipinski definition) is 3. The molecule has 0 saturated heterocycles. The molecular weight excluding hydrogens is 461 g/mol. The maximum atomic E-state index is 12.5. The van der Waals surface area contributed by atoms with E-state index in [0.717, 1.165) is 12.8 Å². The molecule has 0 rings (SSSR count). The molecule has 0 saturated carbocycles. The van der Waals surface area contributed by atoms with Gasteiger partial charge in [-0.25, -0.2) is 4.79 Å². The molecule has 7 heteroatoms. The summed E-state index contributed by atoms with van der Waals surface area (Å²) in [6, 6.07) is 2.53. The van der Waals surface area contributed by atoms with E-state index < -0.39 is 38.5 Å². The van der Waals surface area contributed by atoms with Gasteiger partial charge < -0.3 is 9.47 Å². The maximum absolute atomic E-state index is 12.5. The Morgan fingerprint density at radius 3 is 1.28 bits per heavy atom. The number of ether oxygens (including phenoxy) is 2. The van der Waals surface area contributed by atoms with Crippen molar-refractivity contribution in [1.82, 2.24) is 0 Å². The molecule has 32 heavy (non-hydrogen) atoms. The molecule has 0 spiro atoms. The second-order valence-corrected chi connectivity index (χ2v) is 32.4. The Morgan fingerprint density at radius 1 is 0.719 bits per heavy atom. The van der Waals surface area contributed by atoms with E-state index in [1.54, 1.807) is 0 Å². The van der Waals surface area contributed by atoms with E-state index in [0.29, 0.717) is 23.5 Å². The summed E-state index contributed by atoms with van der Waals surface area (Å²) in [7, 11) is -5.94. The van der Waals surface area contributed by atoms with Crippen LogP contribution in [0, 0.1) is 0 Å². The van der Waals surface area contributed by atoms with Crippen LogP contribution in [0.1, 0.15) is 39.5 Å². The molecule has 188 valence electrons. The zero-order valence-corrected chi connectivity index (χ0v) is 27.1. The highest BCUT2D eigenvalue weighted by Crippen LogP contribution is 2.34. The summed E-state index contributed by atoms with van der Waals surface area (Å²) in [6.07, 6.45) is 5.41. The highest BCUT2D eigenvalue weighted by Gasteiger charge is 2.36. The van der Waals surface area contributed by atoms with Crippen LogP contribution in [0.2, 0.25) is 75.5 Å². The van der Waals surface area contributed by atoms with Gasteiger partial charge in [0.1, 0.15) is 0 Å². The van der Waals surface area contributed by atoms with Gasteiger partial charge >= 0.3 is 6.16 Å². The predicted molar refractivity (Wildman–Crippen MR) is 155 cm³/mol. The zero-order valence-electron chi connectivity index (χ0n) is 23.1. The fourth-order valence-electron chi connectivity index (χ4n) is 4.36. The lowest BCUT2D eigenvalue weighted by Crippen LogP contribution is -2.42. The molecule has 0 radical (unpaired) electrons. The van der Waals surface area contributed by atoms with Crippen LogP contribution in [-0.4, -0.2) is 50.9 Å². The highest BCUT2D eigenvalue weighted by molar-refractivity contribution is 6.83. The second kappa shape index (κ2) is 13.5. The normalized spacial score (nSPS) is 15.1. The quantitative estimate of drug-likeness (QED) is 0.152. The molecular formula is C25H54O3Si4. The molecule has 0 aromatic heterocycles. The summed E-state index contributed by atoms with van der Waals surface area (Å²) in [5, 5.41) is 0. The highest BCUT2D eigenvalue weighted by atomic mass is 28.3. The molecule has 3 nitrogen and oxygen atoms in total. The minimum atomic E-state index is -1.68. The van der Waals surface area contributed by atoms with Crippen molar-refractivity contribution in [2.75, 3.05) is 12.5 Å². The monoisotopic (exact) mass is 514 g/mol. The van der Waals surface area contributed by atoms with Gasteiger partial charge in [0.25, 0.3) is 0 Å². The van der Waals surface area contributed by atoms with Crippen LogP contribution in [0.5, 0.6) is 0 Å². The lowest BCUT2D eigenvalue weighted by Gasteiger charge is -2.34. The topological polar surface area (TPSA) is 35.5 Å². The van der Waals surface area contributed by atoms with Crippen LogP contribution in [0.25, 0.3) is 0 Å². The molecule has 0 aliphatic heterocycles. The van der Waals surface area contributed by atoms with E-state index in [1.165, 1.54) is 24.9 Å². The first kappa shape index (κ1) is 31.6. The van der Waals surface area contributed by atoms with Crippen LogP contribution >= 0.6 is 0 Å². The lowest BCUT2D eigenvalue weighted by atomic mass is 10.3. The average molecular weight is 515 g/mol. The first-order valence-electron chi connectivity index (χ1n) is 12.6. The molecule has 0 heterocycles. The minimum Gasteiger partial charge on any atom is -0.438 e. The third kappa shape index (κ3) is 11.7. The lowest BCUT2D eigenvalue weighted by molar-refractivity contribution is 0.0771. The third-order valence-electron chi connectivity index (χ3n) is 7.70. The van der Waals surface area contributed by atoms with E-state index in [1.807, 2.05) is 0 Å². The molecule has 0 aromatic rings. The van der Waals surface area contributed by atoms with Crippen molar-refractivity contribution in [3.8, 4) is 0 Å². The summed E-state index contributed by atoms with van der Waals surface area (Å²) in [5.74, 6) is 0. The molecule has 0 aromatic carbocycles. The Morgan fingerprint density at radius 2 is 1.03 bits per heavy atom. The Labute approximate surface area is 204 Å². The Kier molecular flexibility index (Phi) is 13.3. The predicted octanol–water partition coefficient (Wildman–Crippen LogP) is 8.84. The number of rotatable bonds is 16. The Balaban J connectivity index is 4.75. The van der Waals surface area contributed by atoms with Crippen molar-refractivity contribution in [2.45, 2.75) is 115 Å². The van der Waals surface area contributed by atoms with Crippen molar-refractivity contribution in [2.24, 2.45) is 0 Å². The van der Waals surface area contributed by atoms with Gasteiger partial charge in [0.15, 0.2) is 0 Å². The standard InChI is InChI=1S/C25H54O3Si4/c1-13-23(17-19-29(5,6)15-3)31(9,10)21-27-25(26)28-22-32(11,12)24(14-2)18-20-30(7,8)16-4/h15-16,23-24H,3-4,13-14,17-22H2,1-2,5-12H3. The van der Waals surface area contributed by atoms with Crippen molar-refractivity contribution < 1.29 is 14.3 Å². The first-order valence-corrected chi connectivity index (χ1v) is 25.8. The summed E-state index contributed by atoms with van der Waals surface area (Å²) >= 11 is 0. The van der Waals surface area contributed by atoms with Crippen molar-refractivity contribution in [3.63, 3.8) is 0 Å². The van der Waals surface area contributed by atoms with E-state index >= 15 is 0 Å². The maximum Gasteiger partial charge on any atom is 0.507 e. The molecule has 0 fully saturated rings. The minimum absolute atomic E-state index is 0.461. The van der Waals surface area contributed by atoms with Gasteiger partial charge in [-0.2, -0.15) is 0 Å². The average Bonchev–Trinajstić information content (AvgIpc) is 2.71. The summed E-state index contributed by atoms with van der Waals surface area (Å²) in [4.78, 5) is 12.5. The third-order valence-corrected chi connectivity index (χ3v) is 20.7. The molecule has 2 atom stereocenters. The van der Waals surface area contributed by atoms with Crippen LogP contribution in [0.15, 0.2) is 24.6 Å². The molecule has 0 aliphatic rings. The van der Waals surface area contributed by atoms with Gasteiger partial charge in [0, 0.05) is 0 Å². The molecule has 0 aliphatic carbocycles. The zero-order chi connectivity index (χ0) is 25.2. The van der Waals surface area contributed by atoms with Crippen molar-refractivity contribution in [1.29, 1.82) is 0 Å². The number of hydrogen-bond donors (Lipinski definition) is 0. The Hall–Kier alpha value is -0.382. The van der Waals surface area contributed by atoms with E-state index in [9.17, 15) is 4.79 Å². The summed E-state index contributed by atoms with van der Waals surface area (Å²) in [5.41, 5.74) is 5.71. The van der Waals surface area contributed by atoms with Gasteiger partial charge in [0.2, 0.25) is 0 Å². The SMILES string of the molecule is C=C[Si](C)(C)CCC(CC)[Si](C)(C)COC(=O)OC[Si](C)(C)C(CC)CC[Si](C)(C)C=C. The van der Waals surface area contributed by atoms with Gasteiger partial charge in [-0.1, -0.05) is 104 Å². The van der Waals surface area contributed by atoms with Crippen molar-refractivity contribution in [3.05, 3.63) is 24.6 Å². The van der Waals surface area contributed by atoms with E-state index in [-0.39, 0.29) is 0 Å². The van der Waals surface area contributed by atoms with E-state index in [2.05, 4.69) is 90.8 Å². The van der Waals surface area contributed by atoms with Crippen LogP contribution in [0.4, 0.5) is 4.79 Å². The van der Waals surface area contributed by atoms with E-state index in [4.69, 9.17) is 9.47 Å². The Bertz CT molecular complexity index is 550. The van der Waals surface area contributed by atoms with Gasteiger partial charge in [-0.3, -0.25) is 0 Å². The van der Waals surface area contributed by atoms with Gasteiger partial charge in [0.05, 0.1) is 44.8 Å². The smallest absolute Gasteiger partial charge is 0.438 e. The summed E-state index contributed by atoms with van der Waals surface area (Å²) < 4.78 is 11.4. The first-order chi connectivity index (χ1) is 14.6. The molecule has 0 N–H and O–H groups in total. The fourth-order valence-corrected chi connectivity index (χ4v) is 13.0. The largest absolute Gasteiger partial charge is 0.507 e. The van der Waals surface area contributed by atoms with Crippen LogP contribution in [0.3, 0.4) is 0 Å². The molecule has 0 bridgehead atoms. The van der Waals surface area contributed by atoms with Crippen molar-refractivity contribution >= 4 is 38.5 Å². The van der Waals surface area contributed by atoms with Crippen LogP contribution in [-0.2, 0) is 9.47 Å². The molecule has 2 unspecified atom stereocenters.